The van der Waals surface area contributed by atoms with E-state index < -0.39 is 0 Å². The molecule has 2 bridgehead atoms. The summed E-state index contributed by atoms with van der Waals surface area (Å²) < 4.78 is 20.0. The van der Waals surface area contributed by atoms with Crippen LogP contribution in [0.15, 0.2) is 33.6 Å². The molecular weight excluding hydrogens is 566 g/mol. The van der Waals surface area contributed by atoms with Gasteiger partial charge in [-0.1, -0.05) is 30.4 Å². The molecule has 0 N–H and O–H groups in total. The topological polar surface area (TPSA) is 58.4 Å². The molecule has 10 heteroatoms. The van der Waals surface area contributed by atoms with Gasteiger partial charge < -0.3 is 18.8 Å². The van der Waals surface area contributed by atoms with E-state index in [1.165, 1.54) is 31.0 Å². The number of halogens is 1. The normalized spacial score (nSPS) is 26.4. The van der Waals surface area contributed by atoms with Crippen molar-refractivity contribution in [2.24, 2.45) is 11.8 Å². The summed E-state index contributed by atoms with van der Waals surface area (Å²) in [6, 6.07) is 8.06. The molecule has 6 rings (SSSR count). The predicted octanol–water partition coefficient (Wildman–Crippen LogP) is 6.06. The number of hydrogen-bond acceptors (Lipinski definition) is 8. The van der Waals surface area contributed by atoms with Crippen LogP contribution in [0, 0.1) is 11.8 Å². The van der Waals surface area contributed by atoms with Gasteiger partial charge in [0, 0.05) is 49.9 Å². The van der Waals surface area contributed by atoms with Gasteiger partial charge in [-0.25, -0.2) is 4.42 Å². The number of thioether (sulfide) groups is 1. The number of carbonyl (C=O) groups is 1. The van der Waals surface area contributed by atoms with Crippen LogP contribution in [0.5, 0.6) is 11.5 Å². The maximum Gasteiger partial charge on any atom is 0.266 e. The van der Waals surface area contributed by atoms with Gasteiger partial charge >= 0.3 is 0 Å². The fraction of sp³-hybridized carbons (Fsp3) is 0.533. The Morgan fingerprint density at radius 3 is 2.48 bits per heavy atom. The molecule has 3 unspecified atom stereocenters. The van der Waals surface area contributed by atoms with Gasteiger partial charge in [-0.3, -0.25) is 9.69 Å². The Balaban J connectivity index is 1.26. The number of piperazine rings is 1. The fourth-order valence-corrected chi connectivity index (χ4v) is 8.20. The van der Waals surface area contributed by atoms with Crippen molar-refractivity contribution >= 4 is 52.1 Å². The summed E-state index contributed by atoms with van der Waals surface area (Å²) >= 11 is 13.3. The molecule has 2 aliphatic carbocycles. The van der Waals surface area contributed by atoms with Gasteiger partial charge in [0.25, 0.3) is 5.91 Å². The maximum absolute atomic E-state index is 13.6. The number of furan rings is 1. The van der Waals surface area contributed by atoms with Crippen LogP contribution in [0.1, 0.15) is 43.4 Å². The van der Waals surface area contributed by atoms with Crippen molar-refractivity contribution in [2.45, 2.75) is 44.6 Å². The number of thiocarbonyl (C=S) groups is 1. The predicted molar refractivity (Wildman–Crippen MR) is 164 cm³/mol. The van der Waals surface area contributed by atoms with Crippen molar-refractivity contribution in [3.05, 3.63) is 40.5 Å². The zero-order chi connectivity index (χ0) is 27.8. The Morgan fingerprint density at radius 1 is 1.07 bits per heavy atom. The van der Waals surface area contributed by atoms with Crippen molar-refractivity contribution in [2.75, 3.05) is 46.9 Å². The molecule has 1 aromatic carbocycles. The number of carbonyl (C=O) groups excluding carboxylic acids is 1. The van der Waals surface area contributed by atoms with E-state index in [9.17, 15) is 4.79 Å². The minimum Gasteiger partial charge on any atom is -0.497 e. The van der Waals surface area contributed by atoms with Crippen LogP contribution in [0.25, 0.3) is 17.4 Å². The standard InChI is InChI=1S/C30H36ClN3O4S2/c1-36-23-14-22(15-24(17-23)37-2)26-16-21(4-3-7-32-8-10-33(31)11-9-32)27(38-26)18-28-29(35)34(30(39)40-28)25-13-19-5-6-20(25)12-19/h14-20,25H,3-13H2,1-2H3/b28-18-. The summed E-state index contributed by atoms with van der Waals surface area (Å²) in [7, 11) is 3.28. The van der Waals surface area contributed by atoms with Crippen LogP contribution in [-0.4, -0.2) is 77.4 Å². The van der Waals surface area contributed by atoms with Gasteiger partial charge in [-0.15, -0.1) is 0 Å². The number of amides is 1. The van der Waals surface area contributed by atoms with Crippen LogP contribution < -0.4 is 9.47 Å². The second kappa shape index (κ2) is 12.1. The Kier molecular flexibility index (Phi) is 8.47. The summed E-state index contributed by atoms with van der Waals surface area (Å²) in [6.07, 6.45) is 8.55. The molecule has 4 fully saturated rings. The molecule has 214 valence electrons. The molecule has 2 aliphatic heterocycles. The lowest BCUT2D eigenvalue weighted by atomic mass is 9.94. The first-order valence-electron chi connectivity index (χ1n) is 14.2. The van der Waals surface area contributed by atoms with E-state index in [1.54, 1.807) is 14.2 Å². The van der Waals surface area contributed by atoms with Gasteiger partial charge in [-0.05, 0) is 86.0 Å². The SMILES string of the molecule is COc1cc(OC)cc(-c2cc(CCCN3CCN(Cl)CC3)c(/C=C3\SC(=S)N(C4CC5CCC4C5)C3=O)o2)c1. The Labute approximate surface area is 250 Å². The lowest BCUT2D eigenvalue weighted by Gasteiger charge is -2.30. The highest BCUT2D eigenvalue weighted by molar-refractivity contribution is 8.26. The highest BCUT2D eigenvalue weighted by Crippen LogP contribution is 2.49. The lowest BCUT2D eigenvalue weighted by molar-refractivity contribution is -0.124. The first kappa shape index (κ1) is 28.1. The van der Waals surface area contributed by atoms with E-state index in [2.05, 4.69) is 11.0 Å². The minimum atomic E-state index is 0.0263. The van der Waals surface area contributed by atoms with Crippen LogP contribution >= 0.6 is 35.8 Å². The minimum absolute atomic E-state index is 0.0263. The zero-order valence-corrected chi connectivity index (χ0v) is 25.5. The van der Waals surface area contributed by atoms with Gasteiger partial charge in [0.15, 0.2) is 0 Å². The lowest BCUT2D eigenvalue weighted by Crippen LogP contribution is -2.42. The van der Waals surface area contributed by atoms with Crippen LogP contribution in [0.2, 0.25) is 0 Å². The molecule has 2 aromatic rings. The molecule has 7 nitrogen and oxygen atoms in total. The van der Waals surface area contributed by atoms with E-state index in [0.29, 0.717) is 26.6 Å². The number of aryl methyl sites for hydroxylation is 1. The highest BCUT2D eigenvalue weighted by Gasteiger charge is 2.48. The van der Waals surface area contributed by atoms with Gasteiger partial charge in [0.2, 0.25) is 0 Å². The number of benzene rings is 1. The average Bonchev–Trinajstić information content (AvgIpc) is 3.74. The maximum atomic E-state index is 13.6. The van der Waals surface area contributed by atoms with Crippen LogP contribution in [0.3, 0.4) is 0 Å². The third kappa shape index (κ3) is 5.81. The third-order valence-electron chi connectivity index (χ3n) is 8.83. The second-order valence-electron chi connectivity index (χ2n) is 11.3. The monoisotopic (exact) mass is 601 g/mol. The van der Waals surface area contributed by atoms with Crippen molar-refractivity contribution in [3.8, 4) is 22.8 Å². The van der Waals surface area contributed by atoms with E-state index in [1.807, 2.05) is 33.6 Å². The molecule has 3 atom stereocenters. The molecule has 1 amide bonds. The summed E-state index contributed by atoms with van der Waals surface area (Å²) in [6.45, 7) is 4.70. The molecule has 40 heavy (non-hydrogen) atoms. The number of fused-ring (bicyclic) bond motifs is 2. The van der Waals surface area contributed by atoms with Crippen molar-refractivity contribution in [3.63, 3.8) is 0 Å². The van der Waals surface area contributed by atoms with Crippen molar-refractivity contribution in [1.29, 1.82) is 0 Å². The summed E-state index contributed by atoms with van der Waals surface area (Å²) in [5.41, 5.74) is 1.95. The Bertz CT molecular complexity index is 1280. The molecule has 2 saturated carbocycles. The molecule has 0 radical (unpaired) electrons. The molecular formula is C30H36ClN3O4S2. The number of rotatable bonds is 9. The first-order chi connectivity index (χ1) is 19.4. The second-order valence-corrected chi connectivity index (χ2v) is 13.4. The molecule has 4 aliphatic rings. The van der Waals surface area contributed by atoms with Crippen LogP contribution in [-0.2, 0) is 11.2 Å². The van der Waals surface area contributed by atoms with Crippen molar-refractivity contribution in [1.82, 2.24) is 14.2 Å². The number of ether oxygens (including phenoxy) is 2. The first-order valence-corrected chi connectivity index (χ1v) is 15.7. The van der Waals surface area contributed by atoms with Gasteiger partial charge in [0.1, 0.15) is 27.3 Å². The Hall–Kier alpha value is -2.04. The zero-order valence-electron chi connectivity index (χ0n) is 23.1. The van der Waals surface area contributed by atoms with E-state index in [4.69, 9.17) is 37.9 Å². The number of methoxy groups -OCH3 is 2. The van der Waals surface area contributed by atoms with E-state index in [0.717, 1.165) is 80.6 Å². The van der Waals surface area contributed by atoms with E-state index in [-0.39, 0.29) is 11.9 Å². The molecule has 3 heterocycles. The van der Waals surface area contributed by atoms with Crippen molar-refractivity contribution < 1.29 is 18.7 Å². The molecule has 1 aromatic heterocycles. The number of hydrogen-bond donors (Lipinski definition) is 0. The molecule has 2 saturated heterocycles. The van der Waals surface area contributed by atoms with Gasteiger partial charge in [-0.2, -0.15) is 0 Å². The summed E-state index contributed by atoms with van der Waals surface area (Å²) in [5.74, 6) is 4.18. The summed E-state index contributed by atoms with van der Waals surface area (Å²) in [4.78, 5) is 18.6. The highest BCUT2D eigenvalue weighted by atomic mass is 35.5. The van der Waals surface area contributed by atoms with Crippen LogP contribution in [0.4, 0.5) is 0 Å². The summed E-state index contributed by atoms with van der Waals surface area (Å²) in [5, 5.41) is 0. The third-order valence-corrected chi connectivity index (χ3v) is 10.5. The average molecular weight is 602 g/mol. The number of nitrogens with zero attached hydrogens (tertiary/aromatic N) is 3. The fourth-order valence-electron chi connectivity index (χ4n) is 6.70. The van der Waals surface area contributed by atoms with E-state index >= 15 is 0 Å². The smallest absolute Gasteiger partial charge is 0.266 e. The Morgan fingerprint density at radius 2 is 1.82 bits per heavy atom. The largest absolute Gasteiger partial charge is 0.497 e. The molecule has 0 spiro atoms. The van der Waals surface area contributed by atoms with Gasteiger partial charge in [0.05, 0.1) is 19.1 Å². The quantitative estimate of drug-likeness (QED) is 0.195.